The number of benzene rings is 1. The quantitative estimate of drug-likeness (QED) is 0.887. The van der Waals surface area contributed by atoms with Crippen LogP contribution in [-0.4, -0.2) is 24.2 Å². The molecule has 0 radical (unpaired) electrons. The first-order valence-corrected chi connectivity index (χ1v) is 5.53. The normalized spacial score (nSPS) is 20.2. The smallest absolute Gasteiger partial charge is 0.416 e. The van der Waals surface area contributed by atoms with Gasteiger partial charge in [-0.25, -0.2) is 0 Å². The Labute approximate surface area is 102 Å². The molecule has 0 aliphatic carbocycles. The number of nitrogens with zero attached hydrogens (tertiary/aromatic N) is 1. The fourth-order valence-corrected chi connectivity index (χ4v) is 2.06. The highest BCUT2D eigenvalue weighted by molar-refractivity contribution is 5.72. The molecule has 0 saturated carbocycles. The number of hydrogen-bond acceptors (Lipinski definition) is 2. The van der Waals surface area contributed by atoms with Gasteiger partial charge in [-0.3, -0.25) is 4.79 Å². The van der Waals surface area contributed by atoms with Crippen LogP contribution < -0.4 is 4.90 Å². The van der Waals surface area contributed by atoms with Gasteiger partial charge in [-0.1, -0.05) is 0 Å². The van der Waals surface area contributed by atoms with Crippen LogP contribution in [0, 0.1) is 5.92 Å². The van der Waals surface area contributed by atoms with Crippen LogP contribution in [0.5, 0.6) is 0 Å². The average molecular weight is 259 g/mol. The standard InChI is InChI=1S/C12H12F3NO2/c13-12(14,15)9-1-3-10(4-2-9)16-6-5-8(7-16)11(17)18/h1-4,8H,5-7H2,(H,17,18)/t8-/m0/s1. The summed E-state index contributed by atoms with van der Waals surface area (Å²) in [5.41, 5.74) is -0.0630. The maximum absolute atomic E-state index is 12.4. The summed E-state index contributed by atoms with van der Waals surface area (Å²) < 4.78 is 37.1. The molecule has 0 bridgehead atoms. The number of rotatable bonds is 2. The van der Waals surface area contributed by atoms with Crippen molar-refractivity contribution in [2.24, 2.45) is 5.92 Å². The first-order valence-electron chi connectivity index (χ1n) is 5.53. The zero-order chi connectivity index (χ0) is 13.3. The molecule has 0 spiro atoms. The SMILES string of the molecule is O=C(O)[C@H]1CCN(c2ccc(C(F)(F)F)cc2)C1. The lowest BCUT2D eigenvalue weighted by Gasteiger charge is -2.18. The predicted octanol–water partition coefficient (Wildman–Crippen LogP) is 2.62. The van der Waals surface area contributed by atoms with Crippen LogP contribution in [0.2, 0.25) is 0 Å². The highest BCUT2D eigenvalue weighted by atomic mass is 19.4. The second-order valence-electron chi connectivity index (χ2n) is 4.31. The van der Waals surface area contributed by atoms with Crippen LogP contribution in [0.25, 0.3) is 0 Å². The lowest BCUT2D eigenvalue weighted by molar-refractivity contribution is -0.141. The number of alkyl halides is 3. The van der Waals surface area contributed by atoms with Gasteiger partial charge in [-0.2, -0.15) is 13.2 Å². The van der Waals surface area contributed by atoms with Gasteiger partial charge < -0.3 is 10.0 Å². The highest BCUT2D eigenvalue weighted by Crippen LogP contribution is 2.31. The molecule has 0 amide bonds. The fourth-order valence-electron chi connectivity index (χ4n) is 2.06. The minimum atomic E-state index is -4.34. The lowest BCUT2D eigenvalue weighted by Crippen LogP contribution is -2.22. The number of aliphatic carboxylic acids is 1. The summed E-state index contributed by atoms with van der Waals surface area (Å²) in [6.45, 7) is 0.906. The van der Waals surface area contributed by atoms with Gasteiger partial charge >= 0.3 is 12.1 Å². The molecule has 1 aliphatic heterocycles. The number of carbonyl (C=O) groups is 1. The van der Waals surface area contributed by atoms with Crippen molar-refractivity contribution in [3.8, 4) is 0 Å². The molecule has 18 heavy (non-hydrogen) atoms. The Kier molecular flexibility index (Phi) is 3.19. The minimum Gasteiger partial charge on any atom is -0.481 e. The van der Waals surface area contributed by atoms with E-state index in [1.165, 1.54) is 12.1 Å². The van der Waals surface area contributed by atoms with Gasteiger partial charge in [0.2, 0.25) is 0 Å². The Morgan fingerprint density at radius 3 is 2.33 bits per heavy atom. The van der Waals surface area contributed by atoms with Crippen LogP contribution in [0.3, 0.4) is 0 Å². The van der Waals surface area contributed by atoms with Gasteiger partial charge in [0.05, 0.1) is 11.5 Å². The number of carboxylic acids is 1. The zero-order valence-electron chi connectivity index (χ0n) is 9.44. The van der Waals surface area contributed by atoms with Crippen molar-refractivity contribution in [1.82, 2.24) is 0 Å². The summed E-state index contributed by atoms with van der Waals surface area (Å²) in [7, 11) is 0. The summed E-state index contributed by atoms with van der Waals surface area (Å²) in [6.07, 6.45) is -3.82. The van der Waals surface area contributed by atoms with Crippen LogP contribution in [-0.2, 0) is 11.0 Å². The topological polar surface area (TPSA) is 40.5 Å². The molecular formula is C12H12F3NO2. The average Bonchev–Trinajstić information content (AvgIpc) is 2.77. The van der Waals surface area contributed by atoms with Gasteiger partial charge in [0.1, 0.15) is 0 Å². The number of halogens is 3. The second-order valence-corrected chi connectivity index (χ2v) is 4.31. The third-order valence-electron chi connectivity index (χ3n) is 3.10. The van der Waals surface area contributed by atoms with Crippen molar-refractivity contribution < 1.29 is 23.1 Å². The van der Waals surface area contributed by atoms with E-state index in [1.54, 1.807) is 4.90 Å². The van der Waals surface area contributed by atoms with E-state index in [-0.39, 0.29) is 0 Å². The zero-order valence-corrected chi connectivity index (χ0v) is 9.44. The molecule has 2 rings (SSSR count). The van der Waals surface area contributed by atoms with Gasteiger partial charge in [0.15, 0.2) is 0 Å². The van der Waals surface area contributed by atoms with Crippen molar-refractivity contribution in [1.29, 1.82) is 0 Å². The van der Waals surface area contributed by atoms with E-state index in [0.29, 0.717) is 25.2 Å². The molecule has 1 fully saturated rings. The van der Waals surface area contributed by atoms with Gasteiger partial charge in [-0.05, 0) is 30.7 Å². The van der Waals surface area contributed by atoms with E-state index < -0.39 is 23.6 Å². The third kappa shape index (κ3) is 2.57. The summed E-state index contributed by atoms with van der Waals surface area (Å²) in [6, 6.07) is 4.80. The highest BCUT2D eigenvalue weighted by Gasteiger charge is 2.31. The largest absolute Gasteiger partial charge is 0.481 e. The van der Waals surface area contributed by atoms with Crippen molar-refractivity contribution >= 4 is 11.7 Å². The van der Waals surface area contributed by atoms with Crippen LogP contribution in [0.1, 0.15) is 12.0 Å². The van der Waals surface area contributed by atoms with E-state index >= 15 is 0 Å². The van der Waals surface area contributed by atoms with E-state index in [2.05, 4.69) is 0 Å². The van der Waals surface area contributed by atoms with Crippen molar-refractivity contribution in [2.45, 2.75) is 12.6 Å². The molecule has 1 heterocycles. The second kappa shape index (κ2) is 4.51. The van der Waals surface area contributed by atoms with E-state index in [0.717, 1.165) is 12.1 Å². The molecular weight excluding hydrogens is 247 g/mol. The molecule has 3 nitrogen and oxygen atoms in total. The fraction of sp³-hybridized carbons (Fsp3) is 0.417. The van der Waals surface area contributed by atoms with Gasteiger partial charge in [0.25, 0.3) is 0 Å². The Morgan fingerprint density at radius 2 is 1.89 bits per heavy atom. The summed E-state index contributed by atoms with van der Waals surface area (Å²) in [4.78, 5) is 12.6. The number of carboxylic acid groups (broad SMARTS) is 1. The van der Waals surface area contributed by atoms with Crippen molar-refractivity contribution in [3.05, 3.63) is 29.8 Å². The molecule has 0 aromatic heterocycles. The molecule has 0 unspecified atom stereocenters. The molecule has 6 heteroatoms. The molecule has 1 aliphatic rings. The summed E-state index contributed by atoms with van der Waals surface area (Å²) in [5.74, 6) is -1.29. The van der Waals surface area contributed by atoms with E-state index in [4.69, 9.17) is 5.11 Å². The van der Waals surface area contributed by atoms with E-state index in [1.807, 2.05) is 0 Å². The van der Waals surface area contributed by atoms with Crippen LogP contribution in [0.4, 0.5) is 18.9 Å². The first kappa shape index (κ1) is 12.7. The van der Waals surface area contributed by atoms with Crippen LogP contribution in [0.15, 0.2) is 24.3 Å². The minimum absolute atomic E-state index is 0.348. The molecule has 1 atom stereocenters. The molecule has 1 N–H and O–H groups in total. The third-order valence-corrected chi connectivity index (χ3v) is 3.10. The lowest BCUT2D eigenvalue weighted by atomic mass is 10.1. The Balaban J connectivity index is 2.10. The number of anilines is 1. The molecule has 1 aromatic carbocycles. The Morgan fingerprint density at radius 1 is 1.28 bits per heavy atom. The van der Waals surface area contributed by atoms with Crippen molar-refractivity contribution in [2.75, 3.05) is 18.0 Å². The predicted molar refractivity (Wildman–Crippen MR) is 59.4 cm³/mol. The monoisotopic (exact) mass is 259 g/mol. The number of hydrogen-bond donors (Lipinski definition) is 1. The Bertz CT molecular complexity index is 442. The molecule has 1 aromatic rings. The summed E-state index contributed by atoms with van der Waals surface area (Å²) >= 11 is 0. The van der Waals surface area contributed by atoms with Gasteiger partial charge in [0, 0.05) is 18.8 Å². The van der Waals surface area contributed by atoms with Gasteiger partial charge in [-0.15, -0.1) is 0 Å². The Hall–Kier alpha value is -1.72. The first-order chi connectivity index (χ1) is 8.38. The molecule has 98 valence electrons. The van der Waals surface area contributed by atoms with Crippen molar-refractivity contribution in [3.63, 3.8) is 0 Å². The maximum atomic E-state index is 12.4. The van der Waals surface area contributed by atoms with Crippen LogP contribution >= 0.6 is 0 Å². The summed E-state index contributed by atoms with van der Waals surface area (Å²) in [5, 5.41) is 8.85. The van der Waals surface area contributed by atoms with E-state index in [9.17, 15) is 18.0 Å². The maximum Gasteiger partial charge on any atom is 0.416 e. The molecule has 1 saturated heterocycles.